The van der Waals surface area contributed by atoms with Crippen molar-refractivity contribution in [1.82, 2.24) is 0 Å². The Hall–Kier alpha value is -1.51. The van der Waals surface area contributed by atoms with Crippen LogP contribution >= 0.6 is 11.6 Å². The number of hydrogen-bond acceptors (Lipinski definition) is 2. The Morgan fingerprint density at radius 1 is 1.00 bits per heavy atom. The van der Waals surface area contributed by atoms with Crippen LogP contribution < -0.4 is 11.1 Å². The molecule has 17 heavy (non-hydrogen) atoms. The summed E-state index contributed by atoms with van der Waals surface area (Å²) in [4.78, 5) is 0. The lowest BCUT2D eigenvalue weighted by Gasteiger charge is -2.08. The second-order valence-electron chi connectivity index (χ2n) is 3.89. The van der Waals surface area contributed by atoms with Crippen molar-refractivity contribution in [3.63, 3.8) is 0 Å². The molecule has 0 aromatic heterocycles. The van der Waals surface area contributed by atoms with E-state index in [4.69, 9.17) is 17.3 Å². The summed E-state index contributed by atoms with van der Waals surface area (Å²) in [6.45, 7) is 1.35. The molecular formula is C14H15ClN2. The van der Waals surface area contributed by atoms with E-state index in [1.165, 1.54) is 5.56 Å². The molecule has 0 amide bonds. The van der Waals surface area contributed by atoms with Crippen molar-refractivity contribution in [2.45, 2.75) is 13.1 Å². The van der Waals surface area contributed by atoms with Crippen molar-refractivity contribution in [1.29, 1.82) is 0 Å². The quantitative estimate of drug-likeness (QED) is 0.868. The van der Waals surface area contributed by atoms with E-state index in [1.54, 1.807) is 0 Å². The third-order valence-electron chi connectivity index (χ3n) is 2.55. The molecule has 0 saturated carbocycles. The van der Waals surface area contributed by atoms with Gasteiger partial charge in [-0.3, -0.25) is 0 Å². The molecule has 2 rings (SSSR count). The molecule has 0 aliphatic heterocycles. The lowest BCUT2D eigenvalue weighted by atomic mass is 10.1. The van der Waals surface area contributed by atoms with Crippen molar-refractivity contribution in [2.24, 2.45) is 5.73 Å². The highest BCUT2D eigenvalue weighted by molar-refractivity contribution is 6.30. The van der Waals surface area contributed by atoms with Gasteiger partial charge >= 0.3 is 0 Å². The van der Waals surface area contributed by atoms with Gasteiger partial charge in [-0.05, 0) is 29.3 Å². The number of nitrogens with one attached hydrogen (secondary N) is 1. The molecule has 2 aromatic carbocycles. The highest BCUT2D eigenvalue weighted by atomic mass is 35.5. The predicted octanol–water partition coefficient (Wildman–Crippen LogP) is 3.41. The Labute approximate surface area is 106 Å². The van der Waals surface area contributed by atoms with Crippen LogP contribution in [0.1, 0.15) is 11.1 Å². The topological polar surface area (TPSA) is 38.0 Å². The largest absolute Gasteiger partial charge is 0.381 e. The van der Waals surface area contributed by atoms with Gasteiger partial charge in [0.2, 0.25) is 0 Å². The second kappa shape index (κ2) is 5.71. The smallest absolute Gasteiger partial charge is 0.0426 e. The SMILES string of the molecule is NCc1cccc(CNc2cccc(Cl)c2)c1. The first-order chi connectivity index (χ1) is 8.28. The second-order valence-corrected chi connectivity index (χ2v) is 4.32. The fourth-order valence-electron chi connectivity index (χ4n) is 1.67. The summed E-state index contributed by atoms with van der Waals surface area (Å²) in [5.74, 6) is 0. The summed E-state index contributed by atoms with van der Waals surface area (Å²) in [6, 6.07) is 15.9. The number of hydrogen-bond donors (Lipinski definition) is 2. The minimum absolute atomic E-state index is 0.574. The Morgan fingerprint density at radius 3 is 2.53 bits per heavy atom. The van der Waals surface area contributed by atoms with Gasteiger partial charge in [0, 0.05) is 23.8 Å². The van der Waals surface area contributed by atoms with E-state index in [2.05, 4.69) is 17.4 Å². The first kappa shape index (κ1) is 12.0. The monoisotopic (exact) mass is 246 g/mol. The highest BCUT2D eigenvalue weighted by Gasteiger charge is 1.96. The fraction of sp³-hybridized carbons (Fsp3) is 0.143. The van der Waals surface area contributed by atoms with Crippen molar-refractivity contribution in [3.8, 4) is 0 Å². The third-order valence-corrected chi connectivity index (χ3v) is 2.78. The molecule has 0 atom stereocenters. The van der Waals surface area contributed by atoms with Crippen LogP contribution in [-0.2, 0) is 13.1 Å². The Morgan fingerprint density at radius 2 is 1.76 bits per heavy atom. The molecule has 0 unspecified atom stereocenters. The van der Waals surface area contributed by atoms with Crippen LogP contribution in [0.4, 0.5) is 5.69 Å². The van der Waals surface area contributed by atoms with Gasteiger partial charge in [-0.25, -0.2) is 0 Å². The van der Waals surface area contributed by atoms with Gasteiger partial charge < -0.3 is 11.1 Å². The summed E-state index contributed by atoms with van der Waals surface area (Å²) in [5, 5.41) is 4.07. The number of benzene rings is 2. The predicted molar refractivity (Wildman–Crippen MR) is 73.1 cm³/mol. The minimum atomic E-state index is 0.574. The lowest BCUT2D eigenvalue weighted by Crippen LogP contribution is -2.01. The maximum absolute atomic E-state index is 5.92. The molecule has 2 nitrogen and oxygen atoms in total. The maximum atomic E-state index is 5.92. The lowest BCUT2D eigenvalue weighted by molar-refractivity contribution is 1.05. The van der Waals surface area contributed by atoms with E-state index in [0.29, 0.717) is 6.54 Å². The van der Waals surface area contributed by atoms with E-state index in [-0.39, 0.29) is 0 Å². The van der Waals surface area contributed by atoms with Gasteiger partial charge in [0.1, 0.15) is 0 Å². The van der Waals surface area contributed by atoms with Crippen LogP contribution in [0.25, 0.3) is 0 Å². The minimum Gasteiger partial charge on any atom is -0.381 e. The van der Waals surface area contributed by atoms with Crippen LogP contribution in [0.5, 0.6) is 0 Å². The van der Waals surface area contributed by atoms with Crippen molar-refractivity contribution in [3.05, 3.63) is 64.7 Å². The average Bonchev–Trinajstić information content (AvgIpc) is 2.37. The molecule has 3 N–H and O–H groups in total. The summed E-state index contributed by atoms with van der Waals surface area (Å²) in [7, 11) is 0. The van der Waals surface area contributed by atoms with Gasteiger partial charge in [-0.15, -0.1) is 0 Å². The van der Waals surface area contributed by atoms with E-state index in [1.807, 2.05) is 36.4 Å². The average molecular weight is 247 g/mol. The molecule has 0 spiro atoms. The van der Waals surface area contributed by atoms with Gasteiger partial charge in [0.15, 0.2) is 0 Å². The van der Waals surface area contributed by atoms with Gasteiger partial charge in [-0.1, -0.05) is 41.9 Å². The normalized spacial score (nSPS) is 10.2. The molecule has 88 valence electrons. The van der Waals surface area contributed by atoms with Crippen LogP contribution in [0, 0.1) is 0 Å². The summed E-state index contributed by atoms with van der Waals surface area (Å²) in [5.41, 5.74) is 9.00. The molecule has 0 radical (unpaired) electrons. The van der Waals surface area contributed by atoms with Crippen LogP contribution in [0.15, 0.2) is 48.5 Å². The van der Waals surface area contributed by atoms with Crippen molar-refractivity contribution >= 4 is 17.3 Å². The molecule has 2 aromatic rings. The Kier molecular flexibility index (Phi) is 4.02. The van der Waals surface area contributed by atoms with E-state index in [0.717, 1.165) is 22.8 Å². The van der Waals surface area contributed by atoms with Crippen LogP contribution in [-0.4, -0.2) is 0 Å². The number of nitrogens with two attached hydrogens (primary N) is 1. The molecule has 0 heterocycles. The Bertz CT molecular complexity index is 497. The Balaban J connectivity index is 2.02. The van der Waals surface area contributed by atoms with E-state index in [9.17, 15) is 0 Å². The van der Waals surface area contributed by atoms with Crippen molar-refractivity contribution in [2.75, 3.05) is 5.32 Å². The summed E-state index contributed by atoms with van der Waals surface area (Å²) in [6.07, 6.45) is 0. The fourth-order valence-corrected chi connectivity index (χ4v) is 1.86. The zero-order chi connectivity index (χ0) is 12.1. The van der Waals surface area contributed by atoms with E-state index < -0.39 is 0 Å². The molecule has 0 bridgehead atoms. The highest BCUT2D eigenvalue weighted by Crippen LogP contribution is 2.16. The first-order valence-electron chi connectivity index (χ1n) is 5.55. The number of anilines is 1. The zero-order valence-corrected chi connectivity index (χ0v) is 10.2. The molecule has 0 aliphatic carbocycles. The van der Waals surface area contributed by atoms with Crippen LogP contribution in [0.3, 0.4) is 0 Å². The molecular weight excluding hydrogens is 232 g/mol. The molecule has 3 heteroatoms. The standard InChI is InChI=1S/C14H15ClN2/c15-13-5-2-6-14(8-13)17-10-12-4-1-3-11(7-12)9-16/h1-8,17H,9-10,16H2. The van der Waals surface area contributed by atoms with Crippen molar-refractivity contribution < 1.29 is 0 Å². The third kappa shape index (κ3) is 3.48. The zero-order valence-electron chi connectivity index (χ0n) is 9.49. The van der Waals surface area contributed by atoms with Gasteiger partial charge in [0.25, 0.3) is 0 Å². The summed E-state index contributed by atoms with van der Waals surface area (Å²) < 4.78 is 0. The number of rotatable bonds is 4. The van der Waals surface area contributed by atoms with Gasteiger partial charge in [-0.2, -0.15) is 0 Å². The molecule has 0 aliphatic rings. The maximum Gasteiger partial charge on any atom is 0.0426 e. The summed E-state index contributed by atoms with van der Waals surface area (Å²) >= 11 is 5.92. The van der Waals surface area contributed by atoms with E-state index >= 15 is 0 Å². The van der Waals surface area contributed by atoms with Crippen LogP contribution in [0.2, 0.25) is 5.02 Å². The first-order valence-corrected chi connectivity index (χ1v) is 5.93. The molecule has 0 fully saturated rings. The van der Waals surface area contributed by atoms with Gasteiger partial charge in [0.05, 0.1) is 0 Å². The number of halogens is 1. The molecule has 0 saturated heterocycles.